The predicted molar refractivity (Wildman–Crippen MR) is 89.1 cm³/mol. The number of alkyl halides is 1. The maximum Gasteiger partial charge on any atom is 0.137 e. The Labute approximate surface area is 144 Å². The Bertz CT molecular complexity index is 526. The van der Waals surface area contributed by atoms with Crippen molar-refractivity contribution in [1.29, 1.82) is 5.26 Å². The van der Waals surface area contributed by atoms with Crippen molar-refractivity contribution in [2.24, 2.45) is 5.92 Å². The van der Waals surface area contributed by atoms with Crippen LogP contribution in [0.25, 0.3) is 0 Å². The van der Waals surface area contributed by atoms with Crippen molar-refractivity contribution in [3.05, 3.63) is 0 Å². The number of piperidine rings is 1. The Morgan fingerprint density at radius 2 is 1.87 bits per heavy atom. The van der Waals surface area contributed by atoms with Crippen molar-refractivity contribution in [1.82, 2.24) is 9.96 Å². The highest BCUT2D eigenvalue weighted by Crippen LogP contribution is 2.77. The zero-order valence-corrected chi connectivity index (χ0v) is 15.6. The van der Waals surface area contributed by atoms with E-state index in [1.54, 1.807) is 0 Å². The highest BCUT2D eigenvalue weighted by atomic mass is 35.5. The van der Waals surface area contributed by atoms with E-state index in [0.29, 0.717) is 19.8 Å². The van der Waals surface area contributed by atoms with Gasteiger partial charge in [0.1, 0.15) is 10.4 Å². The SMILES string of the molecule is CCCON1C(C)(C)C2C(C#N)(N3CCOCC3)C2(Cl)C1(C)C. The number of morpholine rings is 1. The highest BCUT2D eigenvalue weighted by Gasteiger charge is 2.93. The van der Waals surface area contributed by atoms with Gasteiger partial charge in [-0.25, -0.2) is 0 Å². The second-order valence-corrected chi connectivity index (χ2v) is 8.56. The second kappa shape index (κ2) is 5.31. The molecule has 2 aliphatic heterocycles. The summed E-state index contributed by atoms with van der Waals surface area (Å²) in [6.45, 7) is 14.1. The predicted octanol–water partition coefficient (Wildman–Crippen LogP) is 2.40. The monoisotopic (exact) mass is 341 g/mol. The average molecular weight is 342 g/mol. The van der Waals surface area contributed by atoms with Gasteiger partial charge in [0, 0.05) is 24.5 Å². The van der Waals surface area contributed by atoms with Gasteiger partial charge in [-0.15, -0.1) is 11.6 Å². The molecule has 0 aromatic carbocycles. The molecule has 0 aromatic heterocycles. The van der Waals surface area contributed by atoms with Gasteiger partial charge >= 0.3 is 0 Å². The maximum atomic E-state index is 10.1. The van der Waals surface area contributed by atoms with Crippen LogP contribution in [0, 0.1) is 17.2 Å². The molecule has 6 heteroatoms. The lowest BCUT2D eigenvalue weighted by molar-refractivity contribution is -0.257. The van der Waals surface area contributed by atoms with Gasteiger partial charge in [0.2, 0.25) is 0 Å². The first kappa shape index (κ1) is 17.4. The Hall–Kier alpha value is -0.380. The van der Waals surface area contributed by atoms with Crippen LogP contribution in [0.1, 0.15) is 41.0 Å². The minimum atomic E-state index is -0.641. The molecular weight excluding hydrogens is 314 g/mol. The van der Waals surface area contributed by atoms with Crippen LogP contribution in [-0.4, -0.2) is 64.4 Å². The van der Waals surface area contributed by atoms with Gasteiger partial charge in [0.05, 0.1) is 31.4 Å². The van der Waals surface area contributed by atoms with Gasteiger partial charge in [0.15, 0.2) is 0 Å². The molecular formula is C17H28ClN3O2. The van der Waals surface area contributed by atoms with E-state index < -0.39 is 16.0 Å². The van der Waals surface area contributed by atoms with Gasteiger partial charge in [-0.2, -0.15) is 10.3 Å². The summed E-state index contributed by atoms with van der Waals surface area (Å²) in [6.07, 6.45) is 0.954. The Balaban J connectivity index is 1.99. The fraction of sp³-hybridized carbons (Fsp3) is 0.941. The lowest BCUT2D eigenvalue weighted by Crippen LogP contribution is -2.63. The Morgan fingerprint density at radius 1 is 1.26 bits per heavy atom. The van der Waals surface area contributed by atoms with E-state index in [9.17, 15) is 5.26 Å². The molecule has 3 unspecified atom stereocenters. The summed E-state index contributed by atoms with van der Waals surface area (Å²) in [5.74, 6) is 0.0409. The molecule has 23 heavy (non-hydrogen) atoms. The molecule has 3 aliphatic rings. The first-order valence-corrected chi connectivity index (χ1v) is 8.97. The molecule has 5 nitrogen and oxygen atoms in total. The quantitative estimate of drug-likeness (QED) is 0.735. The van der Waals surface area contributed by atoms with E-state index in [-0.39, 0.29) is 11.5 Å². The molecule has 0 spiro atoms. The first-order chi connectivity index (χ1) is 10.7. The van der Waals surface area contributed by atoms with Crippen LogP contribution in [0.2, 0.25) is 0 Å². The van der Waals surface area contributed by atoms with Gasteiger partial charge in [-0.1, -0.05) is 6.92 Å². The van der Waals surface area contributed by atoms with Crippen LogP contribution >= 0.6 is 11.6 Å². The molecule has 3 fully saturated rings. The third-order valence-corrected chi connectivity index (χ3v) is 6.99. The molecule has 0 aromatic rings. The number of nitrogens with zero attached hydrogens (tertiary/aromatic N) is 3. The third-order valence-electron chi connectivity index (χ3n) is 6.02. The van der Waals surface area contributed by atoms with Crippen LogP contribution in [0.15, 0.2) is 0 Å². The normalized spacial score (nSPS) is 42.2. The Morgan fingerprint density at radius 3 is 2.30 bits per heavy atom. The topological polar surface area (TPSA) is 48.7 Å². The van der Waals surface area contributed by atoms with Crippen LogP contribution in [0.5, 0.6) is 0 Å². The fourth-order valence-corrected chi connectivity index (χ4v) is 6.00. The molecule has 0 bridgehead atoms. The first-order valence-electron chi connectivity index (χ1n) is 8.59. The van der Waals surface area contributed by atoms with Gasteiger partial charge in [0.25, 0.3) is 0 Å². The molecule has 1 saturated carbocycles. The number of hydroxylamine groups is 2. The molecule has 0 amide bonds. The second-order valence-electron chi connectivity index (χ2n) is 7.96. The molecule has 1 aliphatic carbocycles. The molecule has 2 saturated heterocycles. The van der Waals surface area contributed by atoms with E-state index in [1.165, 1.54) is 0 Å². The van der Waals surface area contributed by atoms with Crippen LogP contribution in [-0.2, 0) is 9.57 Å². The fourth-order valence-electron chi connectivity index (χ4n) is 5.28. The summed E-state index contributed by atoms with van der Waals surface area (Å²) >= 11 is 7.22. The number of ether oxygens (including phenoxy) is 1. The lowest BCUT2D eigenvalue weighted by atomic mass is 9.90. The summed E-state index contributed by atoms with van der Waals surface area (Å²) in [6, 6.07) is 2.61. The van der Waals surface area contributed by atoms with Crippen molar-refractivity contribution >= 4 is 11.6 Å². The van der Waals surface area contributed by atoms with E-state index in [4.69, 9.17) is 21.2 Å². The molecule has 3 atom stereocenters. The van der Waals surface area contributed by atoms with Crippen molar-refractivity contribution in [3.63, 3.8) is 0 Å². The van der Waals surface area contributed by atoms with E-state index in [2.05, 4.69) is 50.7 Å². The molecule has 0 N–H and O–H groups in total. The summed E-state index contributed by atoms with van der Waals surface area (Å²) in [7, 11) is 0. The minimum Gasteiger partial charge on any atom is -0.379 e. The average Bonchev–Trinajstić information content (AvgIpc) is 3.08. The summed E-state index contributed by atoms with van der Waals surface area (Å²) in [5, 5.41) is 12.2. The number of nitriles is 1. The van der Waals surface area contributed by atoms with Crippen molar-refractivity contribution < 1.29 is 9.57 Å². The van der Waals surface area contributed by atoms with Gasteiger partial charge < -0.3 is 4.74 Å². The zero-order valence-electron chi connectivity index (χ0n) is 14.9. The molecule has 3 rings (SSSR count). The third kappa shape index (κ3) is 1.88. The summed E-state index contributed by atoms with van der Waals surface area (Å²) < 4.78 is 5.47. The van der Waals surface area contributed by atoms with E-state index in [0.717, 1.165) is 19.5 Å². The smallest absolute Gasteiger partial charge is 0.137 e. The molecule has 2 heterocycles. The number of hydrogen-bond donors (Lipinski definition) is 0. The minimum absolute atomic E-state index is 0.0409. The summed E-state index contributed by atoms with van der Waals surface area (Å²) in [4.78, 5) is 7.68. The van der Waals surface area contributed by atoms with Crippen molar-refractivity contribution in [2.75, 3.05) is 32.9 Å². The maximum absolute atomic E-state index is 10.1. The largest absolute Gasteiger partial charge is 0.379 e. The van der Waals surface area contributed by atoms with Gasteiger partial charge in [-0.05, 0) is 34.1 Å². The standard InChI is InChI=1S/C17H28ClN3O2/c1-6-9-23-21-14(2,3)13-16(12-19,17(13,18)15(21,4)5)20-7-10-22-11-8-20/h13H,6-11H2,1-5H3. The van der Waals surface area contributed by atoms with Crippen LogP contribution in [0.4, 0.5) is 0 Å². The molecule has 0 radical (unpaired) electrons. The van der Waals surface area contributed by atoms with Crippen LogP contribution < -0.4 is 0 Å². The van der Waals surface area contributed by atoms with Crippen molar-refractivity contribution in [2.45, 2.75) is 62.5 Å². The van der Waals surface area contributed by atoms with Crippen molar-refractivity contribution in [3.8, 4) is 6.07 Å². The number of fused-ring (bicyclic) bond motifs is 1. The van der Waals surface area contributed by atoms with Crippen LogP contribution in [0.3, 0.4) is 0 Å². The Kier molecular flexibility index (Phi) is 4.02. The summed E-state index contributed by atoms with van der Waals surface area (Å²) in [5.41, 5.74) is -1.36. The lowest BCUT2D eigenvalue weighted by Gasteiger charge is -2.48. The zero-order chi connectivity index (χ0) is 17.1. The molecule has 130 valence electrons. The van der Waals surface area contributed by atoms with E-state index >= 15 is 0 Å². The number of rotatable bonds is 4. The number of hydrogen-bond acceptors (Lipinski definition) is 5. The number of halogens is 1. The highest BCUT2D eigenvalue weighted by molar-refractivity contribution is 6.30. The van der Waals surface area contributed by atoms with E-state index in [1.807, 2.05) is 0 Å². The van der Waals surface area contributed by atoms with Gasteiger partial charge in [-0.3, -0.25) is 9.74 Å².